The van der Waals surface area contributed by atoms with Gasteiger partial charge in [0.15, 0.2) is 0 Å². The van der Waals surface area contributed by atoms with Crippen molar-refractivity contribution in [3.8, 4) is 0 Å². The molecule has 0 spiro atoms. The Balaban J connectivity index is 2.42. The van der Waals surface area contributed by atoms with Crippen molar-refractivity contribution < 1.29 is 0 Å². The first-order valence-electron chi connectivity index (χ1n) is 4.72. The van der Waals surface area contributed by atoms with Gasteiger partial charge in [-0.1, -0.05) is 36.2 Å². The molecule has 1 atom stereocenters. The molecule has 76 valence electrons. The van der Waals surface area contributed by atoms with Gasteiger partial charge in [0, 0.05) is 15.5 Å². The van der Waals surface area contributed by atoms with Crippen LogP contribution in [0.4, 0.5) is 5.69 Å². The van der Waals surface area contributed by atoms with Gasteiger partial charge in [-0.25, -0.2) is 0 Å². The number of nitrogen functional groups attached to an aromatic ring is 1. The van der Waals surface area contributed by atoms with Crippen molar-refractivity contribution in [1.29, 1.82) is 0 Å². The summed E-state index contributed by atoms with van der Waals surface area (Å²) in [7, 11) is -0.183. The third-order valence-electron chi connectivity index (χ3n) is 2.21. The Labute approximate surface area is 92.5 Å². The number of anilines is 1. The lowest BCUT2D eigenvalue weighted by Gasteiger charge is -2.10. The Morgan fingerprint density at radius 1 is 0.867 bits per heavy atom. The minimum Gasteiger partial charge on any atom is -0.398 e. The van der Waals surface area contributed by atoms with Gasteiger partial charge in [-0.3, -0.25) is 0 Å². The summed E-state index contributed by atoms with van der Waals surface area (Å²) in [6.45, 7) is 0. The molecule has 2 aromatic carbocycles. The van der Waals surface area contributed by atoms with E-state index in [0.717, 1.165) is 10.6 Å². The predicted molar refractivity (Wildman–Crippen MR) is 68.5 cm³/mol. The third kappa shape index (κ3) is 2.10. The molecule has 0 saturated heterocycles. The molecular weight excluding hydrogens is 202 g/mol. The maximum atomic E-state index is 5.93. The quantitative estimate of drug-likeness (QED) is 0.603. The summed E-state index contributed by atoms with van der Waals surface area (Å²) in [5.74, 6) is 4.19. The molecule has 1 unspecified atom stereocenters. The summed E-state index contributed by atoms with van der Waals surface area (Å²) in [4.78, 5) is 2.33. The number of rotatable bonds is 2. The first-order valence-corrected chi connectivity index (χ1v) is 6.12. The van der Waals surface area contributed by atoms with Crippen LogP contribution in [0, 0.1) is 0 Å². The van der Waals surface area contributed by atoms with E-state index >= 15 is 0 Å². The number of hydrogen-bond acceptors (Lipinski definition) is 1. The Kier molecular flexibility index (Phi) is 2.88. The van der Waals surface area contributed by atoms with Crippen LogP contribution in [-0.4, -0.2) is 5.87 Å². The molecule has 0 aliphatic carbocycles. The molecular formula is C13H13NS. The minimum absolute atomic E-state index is 0.183. The van der Waals surface area contributed by atoms with Crippen LogP contribution in [0.15, 0.2) is 64.4 Å². The van der Waals surface area contributed by atoms with Gasteiger partial charge < -0.3 is 5.73 Å². The smallest absolute Gasteiger partial charge is 0.0450 e. The molecule has 0 aliphatic heterocycles. The maximum absolute atomic E-state index is 5.93. The van der Waals surface area contributed by atoms with E-state index < -0.39 is 0 Å². The molecule has 2 heteroatoms. The van der Waals surface area contributed by atoms with E-state index in [0.29, 0.717) is 0 Å². The zero-order valence-corrected chi connectivity index (χ0v) is 9.21. The summed E-state index contributed by atoms with van der Waals surface area (Å²) >= 11 is 0. The predicted octanol–water partition coefficient (Wildman–Crippen LogP) is 3.39. The van der Waals surface area contributed by atoms with Gasteiger partial charge in [0.1, 0.15) is 0 Å². The van der Waals surface area contributed by atoms with Gasteiger partial charge in [-0.15, -0.1) is 10.5 Å². The maximum Gasteiger partial charge on any atom is 0.0450 e. The Morgan fingerprint density at radius 2 is 1.47 bits per heavy atom. The molecule has 15 heavy (non-hydrogen) atoms. The van der Waals surface area contributed by atoms with Crippen LogP contribution < -0.4 is 5.73 Å². The van der Waals surface area contributed by atoms with E-state index in [-0.39, 0.29) is 10.5 Å². The summed E-state index contributed by atoms with van der Waals surface area (Å²) in [6.07, 6.45) is 0. The van der Waals surface area contributed by atoms with Crippen LogP contribution in [0.2, 0.25) is 0 Å². The van der Waals surface area contributed by atoms with Gasteiger partial charge in [-0.2, -0.15) is 0 Å². The molecule has 0 bridgehead atoms. The second-order valence-electron chi connectivity index (χ2n) is 3.24. The van der Waals surface area contributed by atoms with Crippen molar-refractivity contribution in [2.75, 3.05) is 5.73 Å². The standard InChI is InChI=1S/C13H13NS/c1-15(11-7-3-2-4-8-11)13-10-6-5-9-12(13)14/h2-10H,1,14H2. The SMILES string of the molecule is C=S(c1ccccc1)c1ccccc1N. The average Bonchev–Trinajstić information content (AvgIpc) is 2.30. The van der Waals surface area contributed by atoms with Gasteiger partial charge in [0.25, 0.3) is 0 Å². The fourth-order valence-electron chi connectivity index (χ4n) is 1.42. The van der Waals surface area contributed by atoms with E-state index in [9.17, 15) is 0 Å². The monoisotopic (exact) mass is 215 g/mol. The highest BCUT2D eigenvalue weighted by molar-refractivity contribution is 8.14. The van der Waals surface area contributed by atoms with Crippen molar-refractivity contribution in [2.45, 2.75) is 9.79 Å². The Hall–Kier alpha value is -1.54. The topological polar surface area (TPSA) is 26.0 Å². The molecule has 0 fully saturated rings. The Morgan fingerprint density at radius 3 is 2.13 bits per heavy atom. The second kappa shape index (κ2) is 4.32. The van der Waals surface area contributed by atoms with Crippen LogP contribution in [0.3, 0.4) is 0 Å². The van der Waals surface area contributed by atoms with Crippen LogP contribution in [0.5, 0.6) is 0 Å². The fourth-order valence-corrected chi connectivity index (χ4v) is 2.75. The molecule has 0 aromatic heterocycles. The average molecular weight is 215 g/mol. The van der Waals surface area contributed by atoms with Gasteiger partial charge in [0.2, 0.25) is 0 Å². The lowest BCUT2D eigenvalue weighted by molar-refractivity contribution is 1.41. The van der Waals surface area contributed by atoms with Crippen LogP contribution in [0.1, 0.15) is 0 Å². The first-order chi connectivity index (χ1) is 7.29. The van der Waals surface area contributed by atoms with E-state index in [1.165, 1.54) is 4.90 Å². The number of para-hydroxylation sites is 1. The summed E-state index contributed by atoms with van der Waals surface area (Å²) in [6, 6.07) is 18.1. The van der Waals surface area contributed by atoms with E-state index in [4.69, 9.17) is 5.73 Å². The molecule has 2 aromatic rings. The van der Waals surface area contributed by atoms with Crippen molar-refractivity contribution in [2.24, 2.45) is 0 Å². The lowest BCUT2D eigenvalue weighted by atomic mass is 10.3. The normalized spacial score (nSPS) is 12.3. The highest BCUT2D eigenvalue weighted by Crippen LogP contribution is 2.36. The highest BCUT2D eigenvalue weighted by Gasteiger charge is 2.02. The van der Waals surface area contributed by atoms with Crippen molar-refractivity contribution >= 4 is 22.0 Å². The van der Waals surface area contributed by atoms with Crippen molar-refractivity contribution in [3.63, 3.8) is 0 Å². The number of benzene rings is 2. The zero-order valence-electron chi connectivity index (χ0n) is 8.39. The molecule has 0 amide bonds. The summed E-state index contributed by atoms with van der Waals surface area (Å²) < 4.78 is 0. The molecule has 0 aliphatic rings. The summed E-state index contributed by atoms with van der Waals surface area (Å²) in [5, 5.41) is 0. The lowest BCUT2D eigenvalue weighted by Crippen LogP contribution is -1.88. The molecule has 0 saturated carbocycles. The van der Waals surface area contributed by atoms with Gasteiger partial charge >= 0.3 is 0 Å². The highest BCUT2D eigenvalue weighted by atomic mass is 32.2. The second-order valence-corrected chi connectivity index (χ2v) is 4.93. The largest absolute Gasteiger partial charge is 0.398 e. The summed E-state index contributed by atoms with van der Waals surface area (Å²) in [5.41, 5.74) is 6.74. The molecule has 2 rings (SSSR count). The third-order valence-corrected chi connectivity index (χ3v) is 3.96. The number of nitrogens with two attached hydrogens (primary N) is 1. The minimum atomic E-state index is -0.183. The number of hydrogen-bond donors (Lipinski definition) is 1. The molecule has 0 heterocycles. The van der Waals surface area contributed by atoms with Gasteiger partial charge in [0.05, 0.1) is 0 Å². The van der Waals surface area contributed by atoms with E-state index in [1.807, 2.05) is 42.5 Å². The first kappa shape index (κ1) is 9.99. The van der Waals surface area contributed by atoms with E-state index in [1.54, 1.807) is 0 Å². The van der Waals surface area contributed by atoms with Gasteiger partial charge in [-0.05, 0) is 24.3 Å². The molecule has 0 radical (unpaired) electrons. The molecule has 1 nitrogen and oxygen atoms in total. The van der Waals surface area contributed by atoms with Crippen molar-refractivity contribution in [3.05, 3.63) is 54.6 Å². The van der Waals surface area contributed by atoms with Crippen LogP contribution in [-0.2, 0) is 0 Å². The Bertz CT molecular complexity index is 477. The van der Waals surface area contributed by atoms with Crippen LogP contribution >= 0.6 is 10.5 Å². The molecule has 2 N–H and O–H groups in total. The van der Waals surface area contributed by atoms with Crippen LogP contribution in [0.25, 0.3) is 0 Å². The fraction of sp³-hybridized carbons (Fsp3) is 0. The van der Waals surface area contributed by atoms with E-state index in [2.05, 4.69) is 18.0 Å². The zero-order chi connectivity index (χ0) is 10.7. The van der Waals surface area contributed by atoms with Crippen molar-refractivity contribution in [1.82, 2.24) is 0 Å².